The van der Waals surface area contributed by atoms with Crippen LogP contribution in [0.25, 0.3) is 0 Å². The van der Waals surface area contributed by atoms with Crippen LogP contribution in [-0.4, -0.2) is 43.6 Å². The van der Waals surface area contributed by atoms with Crippen molar-refractivity contribution < 1.29 is 19.7 Å². The third kappa shape index (κ3) is 3.87. The molecular weight excluding hydrogens is 234 g/mol. The number of methoxy groups -OCH3 is 2. The van der Waals surface area contributed by atoms with E-state index in [9.17, 15) is 5.11 Å². The van der Waals surface area contributed by atoms with Gasteiger partial charge in [-0.05, 0) is 25.1 Å². The Hall–Kier alpha value is -1.30. The van der Waals surface area contributed by atoms with Crippen LogP contribution in [0.5, 0.6) is 11.5 Å². The highest BCUT2D eigenvalue weighted by molar-refractivity contribution is 5.41. The number of aliphatic hydroxyl groups excluding tert-OH is 2. The Balaban J connectivity index is 2.78. The highest BCUT2D eigenvalue weighted by atomic mass is 16.5. The summed E-state index contributed by atoms with van der Waals surface area (Å²) in [5, 5.41) is 22.1. The van der Waals surface area contributed by atoms with Gasteiger partial charge in [0, 0.05) is 18.2 Å². The molecule has 18 heavy (non-hydrogen) atoms. The van der Waals surface area contributed by atoms with Crippen LogP contribution in [0, 0.1) is 0 Å². The van der Waals surface area contributed by atoms with Crippen LogP contribution in [0.2, 0.25) is 0 Å². The zero-order chi connectivity index (χ0) is 13.5. The highest BCUT2D eigenvalue weighted by Crippen LogP contribution is 2.29. The Morgan fingerprint density at radius 3 is 2.56 bits per heavy atom. The van der Waals surface area contributed by atoms with Gasteiger partial charge in [0.25, 0.3) is 0 Å². The van der Waals surface area contributed by atoms with E-state index < -0.39 is 6.10 Å². The Bertz CT molecular complexity index is 370. The van der Waals surface area contributed by atoms with E-state index in [1.807, 2.05) is 6.92 Å². The minimum absolute atomic E-state index is 0.0297. The minimum atomic E-state index is -0.718. The Morgan fingerprint density at radius 2 is 2.00 bits per heavy atom. The van der Waals surface area contributed by atoms with Crippen molar-refractivity contribution in [1.82, 2.24) is 5.32 Å². The van der Waals surface area contributed by atoms with Crippen molar-refractivity contribution in [2.75, 3.05) is 27.4 Å². The topological polar surface area (TPSA) is 71.0 Å². The highest BCUT2D eigenvalue weighted by Gasteiger charge is 2.15. The molecule has 102 valence electrons. The molecule has 0 radical (unpaired) electrons. The summed E-state index contributed by atoms with van der Waals surface area (Å²) in [6.45, 7) is 2.21. The van der Waals surface area contributed by atoms with E-state index in [-0.39, 0.29) is 12.6 Å². The molecule has 2 unspecified atom stereocenters. The molecule has 3 N–H and O–H groups in total. The average Bonchev–Trinajstić information content (AvgIpc) is 2.43. The zero-order valence-electron chi connectivity index (χ0n) is 11.0. The summed E-state index contributed by atoms with van der Waals surface area (Å²) in [6.07, 6.45) is -0.718. The van der Waals surface area contributed by atoms with Crippen molar-refractivity contribution in [3.8, 4) is 11.5 Å². The summed E-state index contributed by atoms with van der Waals surface area (Å²) in [6, 6.07) is 5.22. The maximum atomic E-state index is 10.1. The van der Waals surface area contributed by atoms with Crippen molar-refractivity contribution in [1.29, 1.82) is 0 Å². The third-order valence-electron chi connectivity index (χ3n) is 2.73. The average molecular weight is 255 g/mol. The van der Waals surface area contributed by atoms with Gasteiger partial charge in [0.05, 0.1) is 26.9 Å². The van der Waals surface area contributed by atoms with Crippen LogP contribution in [0.15, 0.2) is 18.2 Å². The number of rotatable bonds is 7. The molecule has 1 rings (SSSR count). The fourth-order valence-corrected chi connectivity index (χ4v) is 1.59. The number of benzene rings is 1. The second-order valence-electron chi connectivity index (χ2n) is 4.12. The molecule has 0 amide bonds. The molecule has 0 aliphatic heterocycles. The number of hydrogen-bond donors (Lipinski definition) is 3. The van der Waals surface area contributed by atoms with E-state index in [4.69, 9.17) is 14.6 Å². The quantitative estimate of drug-likeness (QED) is 0.669. The molecular formula is C13H21NO4. The molecule has 0 aliphatic carbocycles. The monoisotopic (exact) mass is 255 g/mol. The minimum Gasteiger partial charge on any atom is -0.497 e. The summed E-state index contributed by atoms with van der Waals surface area (Å²) in [5.41, 5.74) is 0.662. The van der Waals surface area contributed by atoms with Crippen molar-refractivity contribution in [3.63, 3.8) is 0 Å². The third-order valence-corrected chi connectivity index (χ3v) is 2.73. The van der Waals surface area contributed by atoms with E-state index in [1.165, 1.54) is 0 Å². The Morgan fingerprint density at radius 1 is 1.28 bits per heavy atom. The van der Waals surface area contributed by atoms with E-state index in [0.29, 0.717) is 23.6 Å². The Kier molecular flexibility index (Phi) is 5.91. The summed E-state index contributed by atoms with van der Waals surface area (Å²) in [4.78, 5) is 0. The molecule has 2 atom stereocenters. The van der Waals surface area contributed by atoms with Gasteiger partial charge in [-0.1, -0.05) is 0 Å². The van der Waals surface area contributed by atoms with Gasteiger partial charge >= 0.3 is 0 Å². The normalized spacial score (nSPS) is 14.1. The lowest BCUT2D eigenvalue weighted by molar-refractivity contribution is 0.157. The molecule has 1 aromatic carbocycles. The largest absolute Gasteiger partial charge is 0.497 e. The number of hydrogen-bond acceptors (Lipinski definition) is 5. The number of ether oxygens (including phenoxy) is 2. The van der Waals surface area contributed by atoms with Crippen molar-refractivity contribution in [2.24, 2.45) is 0 Å². The lowest BCUT2D eigenvalue weighted by Crippen LogP contribution is -2.33. The fraction of sp³-hybridized carbons (Fsp3) is 0.538. The van der Waals surface area contributed by atoms with Gasteiger partial charge in [-0.15, -0.1) is 0 Å². The molecule has 5 heteroatoms. The number of aliphatic hydroxyl groups is 2. The van der Waals surface area contributed by atoms with Gasteiger partial charge in [0.1, 0.15) is 11.5 Å². The van der Waals surface area contributed by atoms with Crippen LogP contribution in [-0.2, 0) is 0 Å². The Labute approximate surface area is 107 Å². The molecule has 0 bridgehead atoms. The lowest BCUT2D eigenvalue weighted by Gasteiger charge is -2.18. The first kappa shape index (κ1) is 14.8. The van der Waals surface area contributed by atoms with Gasteiger partial charge in [0.2, 0.25) is 0 Å². The standard InChI is InChI=1S/C13H21NO4/c1-9(8-15)14-7-12(16)11-6-10(17-2)4-5-13(11)18-3/h4-6,9,12,14-16H,7-8H2,1-3H3. The summed E-state index contributed by atoms with van der Waals surface area (Å²) in [5.74, 6) is 1.28. The second kappa shape index (κ2) is 7.20. The van der Waals surface area contributed by atoms with Crippen LogP contribution in [0.3, 0.4) is 0 Å². The van der Waals surface area contributed by atoms with Gasteiger partial charge in [0.15, 0.2) is 0 Å². The predicted octanol–water partition coefficient (Wildman–Crippen LogP) is 0.708. The van der Waals surface area contributed by atoms with Crippen LogP contribution >= 0.6 is 0 Å². The van der Waals surface area contributed by atoms with E-state index >= 15 is 0 Å². The van der Waals surface area contributed by atoms with E-state index in [1.54, 1.807) is 32.4 Å². The summed E-state index contributed by atoms with van der Waals surface area (Å²) >= 11 is 0. The number of nitrogens with one attached hydrogen (secondary N) is 1. The summed E-state index contributed by atoms with van der Waals surface area (Å²) in [7, 11) is 3.13. The van der Waals surface area contributed by atoms with Crippen LogP contribution < -0.4 is 14.8 Å². The van der Waals surface area contributed by atoms with Crippen molar-refractivity contribution in [3.05, 3.63) is 23.8 Å². The van der Waals surface area contributed by atoms with Crippen molar-refractivity contribution >= 4 is 0 Å². The smallest absolute Gasteiger partial charge is 0.124 e. The molecule has 0 heterocycles. The summed E-state index contributed by atoms with van der Waals surface area (Å²) < 4.78 is 10.3. The molecule has 5 nitrogen and oxygen atoms in total. The maximum absolute atomic E-state index is 10.1. The van der Waals surface area contributed by atoms with Crippen LogP contribution in [0.4, 0.5) is 0 Å². The first-order valence-corrected chi connectivity index (χ1v) is 5.86. The first-order valence-electron chi connectivity index (χ1n) is 5.86. The molecule has 0 fully saturated rings. The predicted molar refractivity (Wildman–Crippen MR) is 69.1 cm³/mol. The first-order chi connectivity index (χ1) is 8.62. The second-order valence-corrected chi connectivity index (χ2v) is 4.12. The molecule has 0 aliphatic rings. The van der Waals surface area contributed by atoms with Crippen molar-refractivity contribution in [2.45, 2.75) is 19.1 Å². The van der Waals surface area contributed by atoms with Gasteiger partial charge in [-0.2, -0.15) is 0 Å². The SMILES string of the molecule is COc1ccc(OC)c(C(O)CNC(C)CO)c1. The van der Waals surface area contributed by atoms with Crippen LogP contribution in [0.1, 0.15) is 18.6 Å². The van der Waals surface area contributed by atoms with E-state index in [0.717, 1.165) is 0 Å². The van der Waals surface area contributed by atoms with E-state index in [2.05, 4.69) is 5.32 Å². The zero-order valence-corrected chi connectivity index (χ0v) is 11.0. The lowest BCUT2D eigenvalue weighted by atomic mass is 10.1. The molecule has 0 saturated heterocycles. The maximum Gasteiger partial charge on any atom is 0.124 e. The van der Waals surface area contributed by atoms with Gasteiger partial charge < -0.3 is 25.0 Å². The molecule has 0 spiro atoms. The molecule has 0 aromatic heterocycles. The molecule has 1 aromatic rings. The molecule has 0 saturated carbocycles. The fourth-order valence-electron chi connectivity index (χ4n) is 1.59. The van der Waals surface area contributed by atoms with Gasteiger partial charge in [-0.3, -0.25) is 0 Å². The van der Waals surface area contributed by atoms with Gasteiger partial charge in [-0.25, -0.2) is 0 Å².